The first-order valence-corrected chi connectivity index (χ1v) is 13.7. The largest absolute Gasteiger partial charge is 0.457 e. The number of aromatic nitrogens is 4. The van der Waals surface area contributed by atoms with Crippen LogP contribution in [0.3, 0.4) is 0 Å². The van der Waals surface area contributed by atoms with E-state index >= 15 is 0 Å². The SMILES string of the molecule is c1cc(Oc2ccc3nc(NC4CCCCC4)sc3c2)cc(-c2cnn(CCN3CCCC3)c2)n1. The Morgan fingerprint density at radius 1 is 0.971 bits per heavy atom. The fraction of sp³-hybridized carbons (Fsp3) is 0.444. The molecule has 1 saturated heterocycles. The topological polar surface area (TPSA) is 68.1 Å². The predicted molar refractivity (Wildman–Crippen MR) is 141 cm³/mol. The van der Waals surface area contributed by atoms with E-state index in [1.165, 1.54) is 58.0 Å². The zero-order valence-electron chi connectivity index (χ0n) is 20.0. The molecular weight excluding hydrogens is 456 g/mol. The highest BCUT2D eigenvalue weighted by molar-refractivity contribution is 7.22. The molecule has 2 fully saturated rings. The first-order chi connectivity index (χ1) is 17.3. The number of hydrogen-bond acceptors (Lipinski definition) is 7. The average Bonchev–Trinajstić information content (AvgIpc) is 3.64. The zero-order chi connectivity index (χ0) is 23.5. The molecule has 0 amide bonds. The maximum atomic E-state index is 6.21. The Hall–Kier alpha value is -2.97. The smallest absolute Gasteiger partial charge is 0.184 e. The van der Waals surface area contributed by atoms with Crippen LogP contribution in [0.2, 0.25) is 0 Å². The summed E-state index contributed by atoms with van der Waals surface area (Å²) in [6.07, 6.45) is 14.9. The molecule has 1 saturated carbocycles. The average molecular weight is 489 g/mol. The molecule has 7 nitrogen and oxygen atoms in total. The van der Waals surface area contributed by atoms with Crippen LogP contribution in [0, 0.1) is 0 Å². The quantitative estimate of drug-likeness (QED) is 0.319. The minimum Gasteiger partial charge on any atom is -0.457 e. The highest BCUT2D eigenvalue weighted by Gasteiger charge is 2.15. The number of ether oxygens (including phenoxy) is 1. The lowest BCUT2D eigenvalue weighted by Crippen LogP contribution is -2.24. The summed E-state index contributed by atoms with van der Waals surface area (Å²) in [5.41, 5.74) is 2.89. The van der Waals surface area contributed by atoms with Crippen LogP contribution in [-0.4, -0.2) is 50.3 Å². The molecule has 1 aromatic carbocycles. The van der Waals surface area contributed by atoms with Crippen molar-refractivity contribution < 1.29 is 4.74 Å². The number of nitrogens with zero attached hydrogens (tertiary/aromatic N) is 5. The molecule has 0 unspecified atom stereocenters. The van der Waals surface area contributed by atoms with Crippen LogP contribution in [0.4, 0.5) is 5.13 Å². The Labute approximate surface area is 210 Å². The number of fused-ring (bicyclic) bond motifs is 1. The molecule has 1 aliphatic heterocycles. The Morgan fingerprint density at radius 2 is 1.83 bits per heavy atom. The third kappa shape index (κ3) is 5.49. The first-order valence-electron chi connectivity index (χ1n) is 12.8. The predicted octanol–water partition coefficient (Wildman–Crippen LogP) is 6.19. The van der Waals surface area contributed by atoms with Crippen LogP contribution in [-0.2, 0) is 6.54 Å². The Balaban J connectivity index is 1.12. The summed E-state index contributed by atoms with van der Waals surface area (Å²) in [5.74, 6) is 1.58. The van der Waals surface area contributed by atoms with E-state index in [1.54, 1.807) is 17.5 Å². The number of thiazole rings is 1. The number of anilines is 1. The van der Waals surface area contributed by atoms with Gasteiger partial charge in [0, 0.05) is 42.7 Å². The molecule has 35 heavy (non-hydrogen) atoms. The number of benzene rings is 1. The van der Waals surface area contributed by atoms with Gasteiger partial charge >= 0.3 is 0 Å². The Bertz CT molecular complexity index is 1270. The summed E-state index contributed by atoms with van der Waals surface area (Å²) in [7, 11) is 0. The summed E-state index contributed by atoms with van der Waals surface area (Å²) in [6.45, 7) is 4.37. The molecule has 2 aliphatic rings. The fourth-order valence-electron chi connectivity index (χ4n) is 5.09. The van der Waals surface area contributed by atoms with E-state index in [4.69, 9.17) is 9.72 Å². The Morgan fingerprint density at radius 3 is 2.71 bits per heavy atom. The number of nitrogens with one attached hydrogen (secondary N) is 1. The Kier molecular flexibility index (Phi) is 6.64. The number of rotatable bonds is 8. The van der Waals surface area contributed by atoms with E-state index < -0.39 is 0 Å². The van der Waals surface area contributed by atoms with Gasteiger partial charge in [-0.3, -0.25) is 9.67 Å². The minimum atomic E-state index is 0.555. The van der Waals surface area contributed by atoms with Crippen molar-refractivity contribution in [2.75, 3.05) is 25.0 Å². The standard InChI is InChI=1S/C27H32N6OS/c1-2-6-21(7-3-1)30-27-31-24-9-8-22(17-26(24)35-27)34-23-10-11-28-25(16-23)20-18-29-33(19-20)15-14-32-12-4-5-13-32/h8-11,16-19,21H,1-7,12-15H2,(H,30,31). The third-order valence-corrected chi connectivity index (χ3v) is 7.98. The summed E-state index contributed by atoms with van der Waals surface area (Å²) in [5, 5.41) is 9.19. The monoisotopic (exact) mass is 488 g/mol. The molecule has 1 N–H and O–H groups in total. The van der Waals surface area contributed by atoms with Crippen LogP contribution in [0.25, 0.3) is 21.5 Å². The van der Waals surface area contributed by atoms with Gasteiger partial charge in [0.25, 0.3) is 0 Å². The number of likely N-dealkylation sites (tertiary alicyclic amines) is 1. The number of hydrogen-bond donors (Lipinski definition) is 1. The van der Waals surface area contributed by atoms with Gasteiger partial charge in [-0.15, -0.1) is 0 Å². The lowest BCUT2D eigenvalue weighted by molar-refractivity contribution is 0.316. The second-order valence-corrected chi connectivity index (χ2v) is 10.7. The molecule has 0 bridgehead atoms. The molecule has 6 rings (SSSR count). The lowest BCUT2D eigenvalue weighted by Gasteiger charge is -2.22. The van der Waals surface area contributed by atoms with Gasteiger partial charge in [-0.25, -0.2) is 4.98 Å². The van der Waals surface area contributed by atoms with Gasteiger partial charge in [0.1, 0.15) is 11.5 Å². The van der Waals surface area contributed by atoms with Crippen molar-refractivity contribution in [3.05, 3.63) is 48.9 Å². The van der Waals surface area contributed by atoms with Gasteiger partial charge in [0.05, 0.1) is 28.7 Å². The van der Waals surface area contributed by atoms with Gasteiger partial charge in [0.2, 0.25) is 0 Å². The van der Waals surface area contributed by atoms with E-state index in [0.717, 1.165) is 51.2 Å². The molecule has 0 radical (unpaired) electrons. The molecule has 0 atom stereocenters. The summed E-state index contributed by atoms with van der Waals surface area (Å²) >= 11 is 1.70. The third-order valence-electron chi connectivity index (χ3n) is 7.03. The molecule has 8 heteroatoms. The van der Waals surface area contributed by atoms with Crippen molar-refractivity contribution in [2.45, 2.75) is 57.5 Å². The molecule has 4 aromatic rings. The lowest BCUT2D eigenvalue weighted by atomic mass is 9.96. The van der Waals surface area contributed by atoms with E-state index in [1.807, 2.05) is 35.1 Å². The highest BCUT2D eigenvalue weighted by atomic mass is 32.1. The van der Waals surface area contributed by atoms with Crippen molar-refractivity contribution in [3.8, 4) is 22.8 Å². The molecule has 4 heterocycles. The van der Waals surface area contributed by atoms with Crippen LogP contribution >= 0.6 is 11.3 Å². The highest BCUT2D eigenvalue weighted by Crippen LogP contribution is 2.33. The summed E-state index contributed by atoms with van der Waals surface area (Å²) in [6, 6.07) is 10.5. The van der Waals surface area contributed by atoms with E-state index in [9.17, 15) is 0 Å². The van der Waals surface area contributed by atoms with Crippen molar-refractivity contribution in [3.63, 3.8) is 0 Å². The van der Waals surface area contributed by atoms with Crippen molar-refractivity contribution in [1.29, 1.82) is 0 Å². The maximum absolute atomic E-state index is 6.21. The van der Waals surface area contributed by atoms with E-state index in [0.29, 0.717) is 6.04 Å². The van der Waals surface area contributed by atoms with Crippen molar-refractivity contribution in [1.82, 2.24) is 24.6 Å². The van der Waals surface area contributed by atoms with E-state index in [-0.39, 0.29) is 0 Å². The molecule has 182 valence electrons. The first kappa shape index (κ1) is 22.5. The van der Waals surface area contributed by atoms with Gasteiger partial charge < -0.3 is 15.0 Å². The second kappa shape index (κ2) is 10.3. The summed E-state index contributed by atoms with van der Waals surface area (Å²) in [4.78, 5) is 11.8. The van der Waals surface area contributed by atoms with Crippen LogP contribution < -0.4 is 10.1 Å². The van der Waals surface area contributed by atoms with Gasteiger partial charge in [-0.1, -0.05) is 30.6 Å². The molecule has 0 spiro atoms. The molecule has 3 aromatic heterocycles. The normalized spacial score (nSPS) is 17.3. The minimum absolute atomic E-state index is 0.555. The van der Waals surface area contributed by atoms with Gasteiger partial charge in [0.15, 0.2) is 5.13 Å². The second-order valence-electron chi connectivity index (χ2n) is 9.65. The van der Waals surface area contributed by atoms with E-state index in [2.05, 4.69) is 32.6 Å². The van der Waals surface area contributed by atoms with Crippen LogP contribution in [0.1, 0.15) is 44.9 Å². The van der Waals surface area contributed by atoms with Crippen LogP contribution in [0.15, 0.2) is 48.9 Å². The zero-order valence-corrected chi connectivity index (χ0v) is 20.8. The maximum Gasteiger partial charge on any atom is 0.184 e. The fourth-order valence-corrected chi connectivity index (χ4v) is 6.06. The van der Waals surface area contributed by atoms with Gasteiger partial charge in [-0.05, 0) is 57.0 Å². The van der Waals surface area contributed by atoms with Crippen LogP contribution in [0.5, 0.6) is 11.5 Å². The molecular formula is C27H32N6OS. The van der Waals surface area contributed by atoms with Crippen molar-refractivity contribution >= 4 is 26.7 Å². The van der Waals surface area contributed by atoms with Gasteiger partial charge in [-0.2, -0.15) is 5.10 Å². The molecule has 1 aliphatic carbocycles. The summed E-state index contributed by atoms with van der Waals surface area (Å²) < 4.78 is 9.36. The number of pyridine rings is 1. The van der Waals surface area contributed by atoms with Crippen molar-refractivity contribution in [2.24, 2.45) is 0 Å².